The lowest BCUT2D eigenvalue weighted by Crippen LogP contribution is -2.44. The summed E-state index contributed by atoms with van der Waals surface area (Å²) in [5, 5.41) is 4.27. The molecule has 0 unspecified atom stereocenters. The first kappa shape index (κ1) is 18.8. The molecule has 1 fully saturated rings. The molecule has 0 radical (unpaired) electrons. The second-order valence-electron chi connectivity index (χ2n) is 7.16. The van der Waals surface area contributed by atoms with E-state index in [1.165, 1.54) is 12.1 Å². The Kier molecular flexibility index (Phi) is 5.55. The monoisotopic (exact) mass is 397 g/mol. The van der Waals surface area contributed by atoms with Crippen molar-refractivity contribution in [3.63, 3.8) is 0 Å². The summed E-state index contributed by atoms with van der Waals surface area (Å²) in [6, 6.07) is 15.9. The van der Waals surface area contributed by atoms with Crippen LogP contribution in [0, 0.1) is 5.82 Å². The number of fused-ring (bicyclic) bond motifs is 1. The third-order valence-corrected chi connectivity index (χ3v) is 5.37. The highest BCUT2D eigenvalue weighted by atomic mass is 35.5. The standard InChI is InChI=1S/C22H21ClFN3O/c23-21-13-19(18-3-1-2-4-20(18)26-21)22(28)25-17-9-11-27(12-10-17)14-15-5-7-16(24)8-6-15/h1-8,13,17H,9-12,14H2,(H,25,28). The van der Waals surface area contributed by atoms with E-state index < -0.39 is 0 Å². The zero-order valence-corrected chi connectivity index (χ0v) is 16.1. The van der Waals surface area contributed by atoms with Crippen molar-refractivity contribution < 1.29 is 9.18 Å². The fourth-order valence-electron chi connectivity index (χ4n) is 3.68. The number of hydrogen-bond acceptors (Lipinski definition) is 3. The van der Waals surface area contributed by atoms with Crippen LogP contribution in [0.25, 0.3) is 10.9 Å². The molecule has 4 rings (SSSR count). The predicted molar refractivity (Wildman–Crippen MR) is 109 cm³/mol. The van der Waals surface area contributed by atoms with Gasteiger partial charge in [0.1, 0.15) is 11.0 Å². The molecule has 0 saturated carbocycles. The minimum atomic E-state index is -0.214. The second kappa shape index (κ2) is 8.25. The van der Waals surface area contributed by atoms with Crippen molar-refractivity contribution in [1.29, 1.82) is 0 Å². The van der Waals surface area contributed by atoms with E-state index in [2.05, 4.69) is 15.2 Å². The van der Waals surface area contributed by atoms with Crippen molar-refractivity contribution in [2.75, 3.05) is 13.1 Å². The summed E-state index contributed by atoms with van der Waals surface area (Å²) in [6.07, 6.45) is 1.76. The molecule has 0 spiro atoms. The van der Waals surface area contributed by atoms with E-state index in [1.54, 1.807) is 6.07 Å². The Morgan fingerprint density at radius 2 is 1.86 bits per heavy atom. The van der Waals surface area contributed by atoms with Gasteiger partial charge in [0.2, 0.25) is 0 Å². The Bertz CT molecular complexity index is 985. The molecular formula is C22H21ClFN3O. The van der Waals surface area contributed by atoms with Gasteiger partial charge in [-0.2, -0.15) is 0 Å². The maximum atomic E-state index is 13.0. The largest absolute Gasteiger partial charge is 0.349 e. The number of hydrogen-bond donors (Lipinski definition) is 1. The van der Waals surface area contributed by atoms with Crippen LogP contribution in [-0.2, 0) is 6.54 Å². The minimum Gasteiger partial charge on any atom is -0.349 e. The van der Waals surface area contributed by atoms with Crippen molar-refractivity contribution >= 4 is 28.4 Å². The molecule has 28 heavy (non-hydrogen) atoms. The lowest BCUT2D eigenvalue weighted by molar-refractivity contribution is 0.0910. The molecule has 4 nitrogen and oxygen atoms in total. The quantitative estimate of drug-likeness (QED) is 0.663. The van der Waals surface area contributed by atoms with E-state index in [1.807, 2.05) is 36.4 Å². The molecule has 1 aromatic heterocycles. The summed E-state index contributed by atoms with van der Waals surface area (Å²) in [5.74, 6) is -0.327. The van der Waals surface area contributed by atoms with Gasteiger partial charge >= 0.3 is 0 Å². The van der Waals surface area contributed by atoms with Gasteiger partial charge in [-0.1, -0.05) is 41.9 Å². The average Bonchev–Trinajstić information content (AvgIpc) is 2.70. The number of benzene rings is 2. The van der Waals surface area contributed by atoms with Crippen molar-refractivity contribution in [3.05, 3.63) is 76.7 Å². The van der Waals surface area contributed by atoms with Gasteiger partial charge in [0.05, 0.1) is 11.1 Å². The SMILES string of the molecule is O=C(NC1CCN(Cc2ccc(F)cc2)CC1)c1cc(Cl)nc2ccccc12. The normalized spacial score (nSPS) is 15.6. The highest BCUT2D eigenvalue weighted by molar-refractivity contribution is 6.30. The number of likely N-dealkylation sites (tertiary alicyclic amines) is 1. The molecule has 144 valence electrons. The average molecular weight is 398 g/mol. The number of halogens is 2. The van der Waals surface area contributed by atoms with Crippen LogP contribution in [0.4, 0.5) is 4.39 Å². The lowest BCUT2D eigenvalue weighted by Gasteiger charge is -2.32. The number of carbonyl (C=O) groups is 1. The van der Waals surface area contributed by atoms with Crippen LogP contribution in [0.15, 0.2) is 54.6 Å². The van der Waals surface area contributed by atoms with E-state index in [0.29, 0.717) is 16.2 Å². The summed E-state index contributed by atoms with van der Waals surface area (Å²) in [5.41, 5.74) is 2.38. The van der Waals surface area contributed by atoms with E-state index >= 15 is 0 Å². The number of amides is 1. The molecule has 1 aliphatic heterocycles. The fourth-order valence-corrected chi connectivity index (χ4v) is 3.88. The topological polar surface area (TPSA) is 45.2 Å². The number of nitrogens with zero attached hydrogens (tertiary/aromatic N) is 2. The van der Waals surface area contributed by atoms with Gasteiger partial charge in [-0.25, -0.2) is 9.37 Å². The number of pyridine rings is 1. The highest BCUT2D eigenvalue weighted by Gasteiger charge is 2.22. The Hall–Kier alpha value is -2.50. The molecular weight excluding hydrogens is 377 g/mol. The van der Waals surface area contributed by atoms with Gasteiger partial charge < -0.3 is 5.32 Å². The van der Waals surface area contributed by atoms with E-state index in [0.717, 1.165) is 43.4 Å². The minimum absolute atomic E-state index is 0.113. The molecule has 0 atom stereocenters. The molecule has 1 saturated heterocycles. The molecule has 6 heteroatoms. The van der Waals surface area contributed by atoms with Crippen LogP contribution in [-0.4, -0.2) is 34.9 Å². The first-order chi connectivity index (χ1) is 13.6. The molecule has 2 heterocycles. The summed E-state index contributed by atoms with van der Waals surface area (Å²) in [6.45, 7) is 2.58. The van der Waals surface area contributed by atoms with Crippen LogP contribution >= 0.6 is 11.6 Å². The van der Waals surface area contributed by atoms with Crippen LogP contribution in [0.1, 0.15) is 28.8 Å². The molecule has 0 aliphatic carbocycles. The smallest absolute Gasteiger partial charge is 0.252 e. The summed E-state index contributed by atoms with van der Waals surface area (Å²) in [4.78, 5) is 19.4. The zero-order valence-electron chi connectivity index (χ0n) is 15.4. The molecule has 2 aromatic carbocycles. The van der Waals surface area contributed by atoms with E-state index in [-0.39, 0.29) is 17.8 Å². The van der Waals surface area contributed by atoms with Gasteiger partial charge in [-0.15, -0.1) is 0 Å². The Labute approximate surface area is 168 Å². The van der Waals surface area contributed by atoms with Crippen LogP contribution in [0.2, 0.25) is 5.15 Å². The highest BCUT2D eigenvalue weighted by Crippen LogP contribution is 2.22. The number of carbonyl (C=O) groups excluding carboxylic acids is 1. The molecule has 3 aromatic rings. The van der Waals surface area contributed by atoms with Gasteiger partial charge in [0.15, 0.2) is 0 Å². The molecule has 1 aliphatic rings. The van der Waals surface area contributed by atoms with E-state index in [9.17, 15) is 9.18 Å². The maximum absolute atomic E-state index is 13.0. The predicted octanol–water partition coefficient (Wildman–Crippen LogP) is 4.42. The summed E-state index contributed by atoms with van der Waals surface area (Å²) < 4.78 is 13.0. The fraction of sp³-hybridized carbons (Fsp3) is 0.273. The van der Waals surface area contributed by atoms with Crippen molar-refractivity contribution in [1.82, 2.24) is 15.2 Å². The zero-order chi connectivity index (χ0) is 19.5. The van der Waals surface area contributed by atoms with Crippen LogP contribution in [0.3, 0.4) is 0 Å². The Morgan fingerprint density at radius 1 is 1.14 bits per heavy atom. The van der Waals surface area contributed by atoms with E-state index in [4.69, 9.17) is 11.6 Å². The second-order valence-corrected chi connectivity index (χ2v) is 7.55. The van der Waals surface area contributed by atoms with Gasteiger partial charge in [0.25, 0.3) is 5.91 Å². The molecule has 0 bridgehead atoms. The number of para-hydroxylation sites is 1. The van der Waals surface area contributed by atoms with Crippen molar-refractivity contribution in [2.24, 2.45) is 0 Å². The summed E-state index contributed by atoms with van der Waals surface area (Å²) in [7, 11) is 0. The first-order valence-electron chi connectivity index (χ1n) is 9.41. The van der Waals surface area contributed by atoms with Crippen LogP contribution in [0.5, 0.6) is 0 Å². The van der Waals surface area contributed by atoms with Crippen molar-refractivity contribution in [2.45, 2.75) is 25.4 Å². The number of piperidine rings is 1. The summed E-state index contributed by atoms with van der Waals surface area (Å²) >= 11 is 6.10. The number of rotatable bonds is 4. The molecule has 1 N–H and O–H groups in total. The Balaban J connectivity index is 1.37. The molecule has 1 amide bonds. The first-order valence-corrected chi connectivity index (χ1v) is 9.79. The van der Waals surface area contributed by atoms with Gasteiger partial charge in [-0.3, -0.25) is 9.69 Å². The Morgan fingerprint density at radius 3 is 2.61 bits per heavy atom. The third kappa shape index (κ3) is 4.32. The van der Waals surface area contributed by atoms with Gasteiger partial charge in [-0.05, 0) is 42.7 Å². The number of aromatic nitrogens is 1. The lowest BCUT2D eigenvalue weighted by atomic mass is 10.0. The van der Waals surface area contributed by atoms with Crippen LogP contribution < -0.4 is 5.32 Å². The van der Waals surface area contributed by atoms with Gasteiger partial charge in [0, 0.05) is 31.1 Å². The maximum Gasteiger partial charge on any atom is 0.252 e. The third-order valence-electron chi connectivity index (χ3n) is 5.17. The van der Waals surface area contributed by atoms with Crippen molar-refractivity contribution in [3.8, 4) is 0 Å². The number of nitrogens with one attached hydrogen (secondary N) is 1.